The van der Waals surface area contributed by atoms with Gasteiger partial charge in [0.1, 0.15) is 11.8 Å². The Balaban J connectivity index is 2.12. The van der Waals surface area contributed by atoms with E-state index in [0.717, 1.165) is 24.1 Å². The van der Waals surface area contributed by atoms with Gasteiger partial charge in [0.05, 0.1) is 23.4 Å². The van der Waals surface area contributed by atoms with Gasteiger partial charge in [-0.2, -0.15) is 15.8 Å². The van der Waals surface area contributed by atoms with E-state index in [1.807, 2.05) is 6.08 Å². The predicted molar refractivity (Wildman–Crippen MR) is 113 cm³/mol. The highest BCUT2D eigenvalue weighted by atomic mass is 16.5. The van der Waals surface area contributed by atoms with Gasteiger partial charge in [-0.05, 0) is 36.2 Å². The molecule has 0 unspecified atom stereocenters. The van der Waals surface area contributed by atoms with E-state index in [4.69, 9.17) is 16.2 Å². The molecule has 1 heterocycles. The first-order valence-electron chi connectivity index (χ1n) is 10.1. The van der Waals surface area contributed by atoms with Gasteiger partial charge in [0, 0.05) is 24.9 Å². The van der Waals surface area contributed by atoms with Crippen molar-refractivity contribution in [3.05, 3.63) is 52.7 Å². The standard InChI is InChI=1S/C23H24N6O2/c1-2-8-29-9-7-17-18(10-24)22(28)23(13-25,14-26)21(19(17)11-29)15-3-5-16(6-4-15)31-12-20(27)30/h3-7,19,21H,2,8-9,11-12,28H2,1H3,(H2,27,30)/t19-,21-/m0/s1. The number of rotatable bonds is 6. The van der Waals surface area contributed by atoms with Crippen LogP contribution in [0.1, 0.15) is 24.8 Å². The highest BCUT2D eigenvalue weighted by Gasteiger charge is 2.54. The first-order chi connectivity index (χ1) is 14.9. The molecule has 1 aromatic carbocycles. The summed E-state index contributed by atoms with van der Waals surface area (Å²) in [5.41, 5.74) is 11.5. The van der Waals surface area contributed by atoms with E-state index in [2.05, 4.69) is 30.0 Å². The largest absolute Gasteiger partial charge is 0.484 e. The molecule has 1 aliphatic carbocycles. The zero-order valence-electron chi connectivity index (χ0n) is 17.3. The number of nitrogens with two attached hydrogens (primary N) is 2. The Morgan fingerprint density at radius 3 is 2.48 bits per heavy atom. The molecule has 0 radical (unpaired) electrons. The van der Waals surface area contributed by atoms with Crippen LogP contribution >= 0.6 is 0 Å². The molecule has 1 amide bonds. The van der Waals surface area contributed by atoms with Crippen LogP contribution in [0.15, 0.2) is 47.2 Å². The van der Waals surface area contributed by atoms with Crippen molar-refractivity contribution in [2.24, 2.45) is 22.8 Å². The zero-order chi connectivity index (χ0) is 22.6. The minimum Gasteiger partial charge on any atom is -0.484 e. The van der Waals surface area contributed by atoms with Crippen molar-refractivity contribution in [2.45, 2.75) is 19.3 Å². The summed E-state index contributed by atoms with van der Waals surface area (Å²) < 4.78 is 5.32. The number of nitriles is 3. The van der Waals surface area contributed by atoms with Gasteiger partial charge in [-0.25, -0.2) is 0 Å². The van der Waals surface area contributed by atoms with Crippen LogP contribution in [0, 0.1) is 45.3 Å². The van der Waals surface area contributed by atoms with Crippen molar-refractivity contribution in [2.75, 3.05) is 26.2 Å². The third kappa shape index (κ3) is 3.84. The molecule has 1 aromatic rings. The summed E-state index contributed by atoms with van der Waals surface area (Å²) >= 11 is 0. The van der Waals surface area contributed by atoms with Crippen LogP contribution < -0.4 is 16.2 Å². The van der Waals surface area contributed by atoms with Gasteiger partial charge in [0.25, 0.3) is 5.91 Å². The van der Waals surface area contributed by atoms with Crippen LogP contribution in [0.2, 0.25) is 0 Å². The lowest BCUT2D eigenvalue weighted by atomic mass is 9.58. The maximum Gasteiger partial charge on any atom is 0.255 e. The van der Waals surface area contributed by atoms with Gasteiger partial charge in [-0.3, -0.25) is 9.69 Å². The average molecular weight is 416 g/mol. The molecule has 0 saturated carbocycles. The van der Waals surface area contributed by atoms with Crippen molar-refractivity contribution in [1.82, 2.24) is 4.90 Å². The van der Waals surface area contributed by atoms with E-state index in [1.165, 1.54) is 0 Å². The summed E-state index contributed by atoms with van der Waals surface area (Å²) in [6.07, 6.45) is 2.96. The SMILES string of the molecule is CCCN1CC=C2C(C#N)=C(N)C(C#N)(C#N)[C@@H](c3ccc(OCC(N)=O)cc3)[C@H]2C1. The van der Waals surface area contributed by atoms with Gasteiger partial charge >= 0.3 is 0 Å². The number of nitrogens with zero attached hydrogens (tertiary/aromatic N) is 4. The number of hydrogen-bond acceptors (Lipinski definition) is 7. The summed E-state index contributed by atoms with van der Waals surface area (Å²) in [5, 5.41) is 30.0. The number of benzene rings is 1. The number of carbonyl (C=O) groups is 1. The Labute approximate surface area is 181 Å². The second-order valence-corrected chi connectivity index (χ2v) is 7.76. The van der Waals surface area contributed by atoms with Crippen LogP contribution in [-0.2, 0) is 4.79 Å². The maximum atomic E-state index is 11.0. The summed E-state index contributed by atoms with van der Waals surface area (Å²) in [4.78, 5) is 13.2. The summed E-state index contributed by atoms with van der Waals surface area (Å²) in [5.74, 6) is -0.931. The van der Waals surface area contributed by atoms with Gasteiger partial charge in [-0.1, -0.05) is 25.1 Å². The van der Waals surface area contributed by atoms with Gasteiger partial charge in [0.2, 0.25) is 0 Å². The second kappa shape index (κ2) is 8.92. The molecule has 0 saturated heterocycles. The molecular formula is C23H24N6O2. The molecule has 1 aliphatic heterocycles. The lowest BCUT2D eigenvalue weighted by Gasteiger charge is -2.45. The fourth-order valence-corrected chi connectivity index (χ4v) is 4.54. The number of amides is 1. The minimum absolute atomic E-state index is 0.00509. The Bertz CT molecular complexity index is 1040. The number of hydrogen-bond donors (Lipinski definition) is 2. The van der Waals surface area contributed by atoms with Crippen LogP contribution in [0.25, 0.3) is 0 Å². The minimum atomic E-state index is -1.67. The fourth-order valence-electron chi connectivity index (χ4n) is 4.54. The first kappa shape index (κ1) is 21.9. The molecule has 4 N–H and O–H groups in total. The van der Waals surface area contributed by atoms with E-state index in [-0.39, 0.29) is 23.8 Å². The van der Waals surface area contributed by atoms with Crippen LogP contribution in [0.3, 0.4) is 0 Å². The van der Waals surface area contributed by atoms with Crippen molar-refractivity contribution in [1.29, 1.82) is 15.8 Å². The smallest absolute Gasteiger partial charge is 0.255 e. The number of primary amides is 1. The third-order valence-electron chi connectivity index (χ3n) is 5.90. The number of fused-ring (bicyclic) bond motifs is 1. The lowest BCUT2D eigenvalue weighted by Crippen LogP contribution is -2.48. The van der Waals surface area contributed by atoms with Crippen LogP contribution in [0.4, 0.5) is 0 Å². The topological polar surface area (TPSA) is 153 Å². The Kier molecular flexibility index (Phi) is 6.30. The highest BCUT2D eigenvalue weighted by Crippen LogP contribution is 2.54. The molecule has 158 valence electrons. The third-order valence-corrected chi connectivity index (χ3v) is 5.90. The van der Waals surface area contributed by atoms with Crippen molar-refractivity contribution >= 4 is 5.91 Å². The number of carbonyl (C=O) groups excluding carboxylic acids is 1. The first-order valence-corrected chi connectivity index (χ1v) is 10.1. The highest BCUT2D eigenvalue weighted by molar-refractivity contribution is 5.75. The zero-order valence-corrected chi connectivity index (χ0v) is 17.3. The molecule has 8 heteroatoms. The molecule has 31 heavy (non-hydrogen) atoms. The average Bonchev–Trinajstić information content (AvgIpc) is 2.78. The molecule has 0 bridgehead atoms. The van der Waals surface area contributed by atoms with Gasteiger partial charge in [0.15, 0.2) is 12.0 Å². The monoisotopic (exact) mass is 416 g/mol. The predicted octanol–water partition coefficient (Wildman–Crippen LogP) is 1.69. The number of allylic oxidation sites excluding steroid dienone is 2. The van der Waals surface area contributed by atoms with Crippen molar-refractivity contribution < 1.29 is 9.53 Å². The van der Waals surface area contributed by atoms with Gasteiger partial charge in [-0.15, -0.1) is 0 Å². The van der Waals surface area contributed by atoms with Gasteiger partial charge < -0.3 is 16.2 Å². The number of ether oxygens (including phenoxy) is 1. The van der Waals surface area contributed by atoms with Crippen molar-refractivity contribution in [3.63, 3.8) is 0 Å². The molecule has 3 rings (SSSR count). The second-order valence-electron chi connectivity index (χ2n) is 7.76. The lowest BCUT2D eigenvalue weighted by molar-refractivity contribution is -0.119. The summed E-state index contributed by atoms with van der Waals surface area (Å²) in [6, 6.07) is 13.3. The Morgan fingerprint density at radius 2 is 1.94 bits per heavy atom. The van der Waals surface area contributed by atoms with Crippen LogP contribution in [0.5, 0.6) is 5.75 Å². The van der Waals surface area contributed by atoms with Crippen molar-refractivity contribution in [3.8, 4) is 24.0 Å². The summed E-state index contributed by atoms with van der Waals surface area (Å²) in [6.45, 7) is 4.03. The van der Waals surface area contributed by atoms with E-state index in [9.17, 15) is 20.6 Å². The quantitative estimate of drug-likeness (QED) is 0.715. The van der Waals surface area contributed by atoms with E-state index in [1.54, 1.807) is 24.3 Å². The molecule has 2 atom stereocenters. The Morgan fingerprint density at radius 1 is 1.26 bits per heavy atom. The fraction of sp³-hybridized carbons (Fsp3) is 0.391. The molecule has 2 aliphatic rings. The Hall–Kier alpha value is -3.80. The van der Waals surface area contributed by atoms with E-state index in [0.29, 0.717) is 18.8 Å². The summed E-state index contributed by atoms with van der Waals surface area (Å²) in [7, 11) is 0. The molecule has 0 aromatic heterocycles. The molecule has 0 spiro atoms. The van der Waals surface area contributed by atoms with Crippen LogP contribution in [-0.4, -0.2) is 37.0 Å². The molecule has 0 fully saturated rings. The maximum absolute atomic E-state index is 11.0. The van der Waals surface area contributed by atoms with E-state index < -0.39 is 17.2 Å². The molecular weight excluding hydrogens is 392 g/mol. The normalized spacial score (nSPS) is 22.3. The van der Waals surface area contributed by atoms with E-state index >= 15 is 0 Å². The molecule has 8 nitrogen and oxygen atoms in total.